The Labute approximate surface area is 157 Å². The summed E-state index contributed by atoms with van der Waals surface area (Å²) in [6.45, 7) is 0.600. The first-order chi connectivity index (χ1) is 14.3. The van der Waals surface area contributed by atoms with Gasteiger partial charge in [0.15, 0.2) is 0 Å². The molecule has 4 rings (SSSR count). The highest BCUT2D eigenvalue weighted by molar-refractivity contribution is 6.70. The molecule has 3 aromatic heterocycles. The molecule has 1 aliphatic rings. The fourth-order valence-electron chi connectivity index (χ4n) is 3.36. The van der Waals surface area contributed by atoms with Crippen LogP contribution in [0, 0.1) is 20.7 Å². The zero-order valence-electron chi connectivity index (χ0n) is 20.7. The Balaban J connectivity index is 2.00. The summed E-state index contributed by atoms with van der Waals surface area (Å²) in [5.74, 6) is 2.80. The molecular formula is C20H23BN3O+. The van der Waals surface area contributed by atoms with Gasteiger partial charge in [0.2, 0.25) is 5.71 Å². The monoisotopic (exact) mass is 338 g/mol. The number of aromatic nitrogens is 2. The first-order valence-corrected chi connectivity index (χ1v) is 8.22. The molecule has 3 aromatic rings. The number of anilines is 2. The fourth-order valence-corrected chi connectivity index (χ4v) is 3.36. The van der Waals surface area contributed by atoms with Crippen LogP contribution in [0.4, 0.5) is 11.7 Å². The van der Waals surface area contributed by atoms with Crippen LogP contribution in [0.15, 0.2) is 34.8 Å². The van der Waals surface area contributed by atoms with Crippen LogP contribution >= 0.6 is 0 Å². The van der Waals surface area contributed by atoms with E-state index in [0.29, 0.717) is 33.9 Å². The van der Waals surface area contributed by atoms with Gasteiger partial charge in [0.1, 0.15) is 0 Å². The molecule has 4 heterocycles. The van der Waals surface area contributed by atoms with Gasteiger partial charge in [-0.15, -0.1) is 0 Å². The number of hydrogen-bond acceptors (Lipinski definition) is 3. The van der Waals surface area contributed by atoms with Gasteiger partial charge in [-0.2, -0.15) is 0 Å². The quantitative estimate of drug-likeness (QED) is 0.490. The SMILES string of the molecule is [2H]C([2H])([2H])C1=CB(C)N(c2cc(C)c(C([2H])([2H])[2H])c[n+]2C)c2oc3nc(C)ccc3c21. The van der Waals surface area contributed by atoms with Gasteiger partial charge in [0, 0.05) is 20.0 Å². The van der Waals surface area contributed by atoms with Crippen molar-refractivity contribution in [1.29, 1.82) is 0 Å². The molecule has 126 valence electrons. The molecule has 5 heteroatoms. The van der Waals surface area contributed by atoms with Crippen molar-refractivity contribution in [3.63, 3.8) is 0 Å². The number of hydrogen-bond donors (Lipinski definition) is 0. The molecule has 0 bridgehead atoms. The molecule has 0 aliphatic carbocycles. The topological polar surface area (TPSA) is 33.2 Å². The first-order valence-electron chi connectivity index (χ1n) is 11.2. The number of allylic oxidation sites excluding steroid dienone is 1. The Morgan fingerprint density at radius 1 is 1.24 bits per heavy atom. The Hall–Kier alpha value is -2.56. The Kier molecular flexibility index (Phi) is 2.29. The van der Waals surface area contributed by atoms with Crippen LogP contribution < -0.4 is 9.38 Å². The summed E-state index contributed by atoms with van der Waals surface area (Å²) in [5, 5.41) is 0.637. The van der Waals surface area contributed by atoms with E-state index in [1.807, 2.05) is 30.7 Å². The van der Waals surface area contributed by atoms with Gasteiger partial charge >= 0.3 is 6.85 Å². The van der Waals surface area contributed by atoms with Crippen molar-refractivity contribution in [1.82, 2.24) is 4.98 Å². The van der Waals surface area contributed by atoms with E-state index in [9.17, 15) is 0 Å². The van der Waals surface area contributed by atoms with E-state index < -0.39 is 13.7 Å². The summed E-state index contributed by atoms with van der Waals surface area (Å²) >= 11 is 0. The smallest absolute Gasteiger partial charge is 0.404 e. The molecular weight excluding hydrogens is 309 g/mol. The number of fused-ring (bicyclic) bond motifs is 3. The van der Waals surface area contributed by atoms with Gasteiger partial charge in [-0.1, -0.05) is 5.98 Å². The second-order valence-corrected chi connectivity index (χ2v) is 6.62. The lowest BCUT2D eigenvalue weighted by Crippen LogP contribution is -2.44. The van der Waals surface area contributed by atoms with Crippen LogP contribution in [0.1, 0.15) is 37.5 Å². The van der Waals surface area contributed by atoms with Gasteiger partial charge < -0.3 is 4.42 Å². The highest BCUT2D eigenvalue weighted by Crippen LogP contribution is 2.42. The summed E-state index contributed by atoms with van der Waals surface area (Å²) in [7, 11) is 1.77. The molecule has 0 fully saturated rings. The molecule has 4 nitrogen and oxygen atoms in total. The molecule has 1 aliphatic heterocycles. The van der Waals surface area contributed by atoms with Crippen molar-refractivity contribution in [2.45, 2.75) is 34.4 Å². The highest BCUT2D eigenvalue weighted by Gasteiger charge is 2.39. The van der Waals surface area contributed by atoms with E-state index in [-0.39, 0.29) is 18.0 Å². The molecule has 0 saturated heterocycles. The minimum absolute atomic E-state index is 0.231. The zero-order valence-corrected chi connectivity index (χ0v) is 14.7. The molecule has 0 radical (unpaired) electrons. The number of pyridine rings is 2. The van der Waals surface area contributed by atoms with Crippen molar-refractivity contribution < 1.29 is 17.2 Å². The fraction of sp³-hybridized carbons (Fsp3) is 0.300. The zero-order chi connectivity index (χ0) is 22.9. The van der Waals surface area contributed by atoms with Crippen molar-refractivity contribution >= 4 is 35.2 Å². The Bertz CT molecular complexity index is 1230. The second kappa shape index (κ2) is 5.48. The molecule has 0 aromatic carbocycles. The van der Waals surface area contributed by atoms with Crippen molar-refractivity contribution in [2.75, 3.05) is 4.81 Å². The lowest BCUT2D eigenvalue weighted by Gasteiger charge is -2.24. The van der Waals surface area contributed by atoms with Crippen molar-refractivity contribution in [2.24, 2.45) is 7.05 Å². The van der Waals surface area contributed by atoms with E-state index in [2.05, 4.69) is 4.98 Å². The molecule has 25 heavy (non-hydrogen) atoms. The van der Waals surface area contributed by atoms with E-state index in [0.717, 1.165) is 5.69 Å². The molecule has 0 unspecified atom stereocenters. The number of aryl methyl sites for hydroxylation is 4. The predicted octanol–water partition coefficient (Wildman–Crippen LogP) is 4.29. The van der Waals surface area contributed by atoms with Crippen LogP contribution in [0.5, 0.6) is 0 Å². The van der Waals surface area contributed by atoms with Gasteiger partial charge in [0.05, 0.1) is 24.2 Å². The van der Waals surface area contributed by atoms with Crippen molar-refractivity contribution in [3.8, 4) is 0 Å². The molecule has 0 atom stereocenters. The average molecular weight is 338 g/mol. The number of nitrogens with zero attached hydrogens (tertiary/aromatic N) is 3. The third-order valence-electron chi connectivity index (χ3n) is 4.68. The van der Waals surface area contributed by atoms with E-state index in [1.54, 1.807) is 36.8 Å². The van der Waals surface area contributed by atoms with E-state index >= 15 is 0 Å². The molecule has 0 spiro atoms. The largest absolute Gasteiger partial charge is 0.406 e. The summed E-state index contributed by atoms with van der Waals surface area (Å²) in [5.41, 5.74) is 2.76. The lowest BCUT2D eigenvalue weighted by molar-refractivity contribution is -0.658. The maximum atomic E-state index is 8.06. The second-order valence-electron chi connectivity index (χ2n) is 6.62. The van der Waals surface area contributed by atoms with E-state index in [1.165, 1.54) is 0 Å². The first kappa shape index (κ1) is 10.4. The summed E-state index contributed by atoms with van der Waals surface area (Å²) in [6.07, 6.45) is 1.60. The standard InChI is InChI=1S/C20H23BN3O/c1-12-9-17(23(6)11-14(12)3)24-20-18(13(2)10-21(24)5)16-8-7-15(4)22-19(16)25-20/h7-11H,1-6H3/q+1/i2D3,3D3. The minimum Gasteiger partial charge on any atom is -0.404 e. The lowest BCUT2D eigenvalue weighted by atomic mass is 9.59. The van der Waals surface area contributed by atoms with Crippen LogP contribution in [0.3, 0.4) is 0 Å². The Morgan fingerprint density at radius 2 is 2.08 bits per heavy atom. The number of rotatable bonds is 1. The van der Waals surface area contributed by atoms with Crippen LogP contribution in [0.2, 0.25) is 6.82 Å². The highest BCUT2D eigenvalue weighted by atomic mass is 16.4. The minimum atomic E-state index is -2.32. The van der Waals surface area contributed by atoms with E-state index in [4.69, 9.17) is 12.6 Å². The average Bonchev–Trinajstić information content (AvgIpc) is 2.99. The molecule has 0 amide bonds. The van der Waals surface area contributed by atoms with Crippen LogP contribution in [-0.4, -0.2) is 11.8 Å². The third kappa shape index (κ3) is 2.37. The van der Waals surface area contributed by atoms with Crippen LogP contribution in [-0.2, 0) is 7.05 Å². The van der Waals surface area contributed by atoms with Gasteiger partial charge in [-0.05, 0) is 63.2 Å². The van der Waals surface area contributed by atoms with Crippen LogP contribution in [0.25, 0.3) is 16.7 Å². The number of furan rings is 1. The van der Waals surface area contributed by atoms with Gasteiger partial charge in [0.25, 0.3) is 11.7 Å². The third-order valence-corrected chi connectivity index (χ3v) is 4.68. The maximum Gasteiger partial charge on any atom is 0.406 e. The summed E-state index contributed by atoms with van der Waals surface area (Å²) < 4.78 is 55.4. The van der Waals surface area contributed by atoms with Gasteiger partial charge in [-0.25, -0.2) is 9.55 Å². The molecule has 0 saturated carbocycles. The normalized spacial score (nSPS) is 18.6. The Morgan fingerprint density at radius 3 is 2.84 bits per heavy atom. The summed E-state index contributed by atoms with van der Waals surface area (Å²) in [4.78, 5) is 6.34. The predicted molar refractivity (Wildman–Crippen MR) is 103 cm³/mol. The summed E-state index contributed by atoms with van der Waals surface area (Å²) in [6, 6.07) is 5.45. The van der Waals surface area contributed by atoms with Crippen molar-refractivity contribution in [3.05, 3.63) is 52.8 Å². The maximum absolute atomic E-state index is 8.06. The molecule has 0 N–H and O–H groups in total. The van der Waals surface area contributed by atoms with Gasteiger partial charge in [-0.3, -0.25) is 4.81 Å².